The van der Waals surface area contributed by atoms with Gasteiger partial charge < -0.3 is 10.0 Å². The molecule has 142 valence electrons. The largest absolute Gasteiger partial charge is 0.477 e. The smallest absolute Gasteiger partial charge is 0.354 e. The molecule has 3 unspecified atom stereocenters. The van der Waals surface area contributed by atoms with Gasteiger partial charge in [-0.25, -0.2) is 14.5 Å². The Hall–Kier alpha value is -2.77. The van der Waals surface area contributed by atoms with Crippen molar-refractivity contribution in [2.45, 2.75) is 57.7 Å². The minimum absolute atomic E-state index is 0.0508. The summed E-state index contributed by atoms with van der Waals surface area (Å²) >= 11 is 0. The van der Waals surface area contributed by atoms with E-state index in [4.69, 9.17) is 5.11 Å². The molecule has 0 saturated carbocycles. The third kappa shape index (κ3) is 3.20. The second-order valence-corrected chi connectivity index (χ2v) is 7.70. The van der Waals surface area contributed by atoms with E-state index in [1.165, 1.54) is 12.3 Å². The van der Waals surface area contributed by atoms with Gasteiger partial charge in [0.15, 0.2) is 0 Å². The first-order valence-electron chi connectivity index (χ1n) is 9.37. The average molecular weight is 369 g/mol. The van der Waals surface area contributed by atoms with Crippen LogP contribution in [-0.4, -0.2) is 53.9 Å². The zero-order valence-electron chi connectivity index (χ0n) is 15.4. The molecule has 0 radical (unpaired) electrons. The molecular weight excluding hydrogens is 346 g/mol. The highest BCUT2D eigenvalue weighted by atomic mass is 16.4. The summed E-state index contributed by atoms with van der Waals surface area (Å²) in [5, 5.41) is 17.3. The number of aromatic carboxylic acids is 1. The lowest BCUT2D eigenvalue weighted by atomic mass is 9.92. The lowest BCUT2D eigenvalue weighted by molar-refractivity contribution is -0.139. The zero-order chi connectivity index (χ0) is 19.1. The Balaban J connectivity index is 1.54. The fourth-order valence-electron chi connectivity index (χ4n) is 4.44. The Morgan fingerprint density at radius 1 is 1.26 bits per heavy atom. The van der Waals surface area contributed by atoms with Gasteiger partial charge in [-0.15, -0.1) is 5.10 Å². The first kappa shape index (κ1) is 17.6. The zero-order valence-corrected chi connectivity index (χ0v) is 15.4. The highest BCUT2D eigenvalue weighted by Crippen LogP contribution is 2.39. The van der Waals surface area contributed by atoms with E-state index in [2.05, 4.69) is 27.1 Å². The van der Waals surface area contributed by atoms with Gasteiger partial charge in [0.25, 0.3) is 0 Å². The Morgan fingerprint density at radius 3 is 2.63 bits per heavy atom. The van der Waals surface area contributed by atoms with Crippen LogP contribution in [0.3, 0.4) is 0 Å². The van der Waals surface area contributed by atoms with Gasteiger partial charge in [0, 0.05) is 23.8 Å². The molecule has 0 spiro atoms. The van der Waals surface area contributed by atoms with Crippen LogP contribution in [0.2, 0.25) is 0 Å². The molecule has 0 aliphatic carbocycles. The molecule has 1 amide bonds. The number of aromatic nitrogens is 4. The molecule has 2 aliphatic heterocycles. The number of hydrogen-bond donors (Lipinski definition) is 1. The molecule has 3 atom stereocenters. The van der Waals surface area contributed by atoms with Crippen LogP contribution in [0.25, 0.3) is 11.3 Å². The molecular formula is C19H23N5O3. The average Bonchev–Trinajstić information content (AvgIpc) is 3.24. The van der Waals surface area contributed by atoms with Gasteiger partial charge in [-0.1, -0.05) is 12.1 Å². The van der Waals surface area contributed by atoms with Gasteiger partial charge in [0.2, 0.25) is 5.91 Å². The van der Waals surface area contributed by atoms with Gasteiger partial charge in [-0.05, 0) is 50.7 Å². The van der Waals surface area contributed by atoms with Crippen molar-refractivity contribution in [2.24, 2.45) is 5.92 Å². The fourth-order valence-corrected chi connectivity index (χ4v) is 4.44. The number of nitrogens with zero attached hydrogens (tertiary/aromatic N) is 5. The van der Waals surface area contributed by atoms with Crippen LogP contribution in [0.15, 0.2) is 24.5 Å². The molecule has 2 aromatic heterocycles. The number of pyridine rings is 1. The number of carbonyl (C=O) groups excluding carboxylic acids is 1. The number of carboxylic acids is 1. The third-order valence-corrected chi connectivity index (χ3v) is 5.76. The lowest BCUT2D eigenvalue weighted by Gasteiger charge is -2.39. The van der Waals surface area contributed by atoms with E-state index >= 15 is 0 Å². The predicted octanol–water partition coefficient (Wildman–Crippen LogP) is 2.39. The fraction of sp³-hybridized carbons (Fsp3) is 0.526. The van der Waals surface area contributed by atoms with Crippen molar-refractivity contribution in [1.82, 2.24) is 24.9 Å². The Kier molecular flexibility index (Phi) is 4.41. The molecule has 2 fully saturated rings. The molecule has 2 bridgehead atoms. The molecule has 8 heteroatoms. The van der Waals surface area contributed by atoms with E-state index in [1.807, 2.05) is 6.92 Å². The summed E-state index contributed by atoms with van der Waals surface area (Å²) in [5.74, 6) is -0.329. The topological polar surface area (TPSA) is 101 Å². The Bertz CT molecular complexity index is 866. The molecule has 2 aromatic rings. The van der Waals surface area contributed by atoms with Crippen molar-refractivity contribution in [2.75, 3.05) is 0 Å². The van der Waals surface area contributed by atoms with E-state index in [9.17, 15) is 9.59 Å². The molecule has 4 heterocycles. The van der Waals surface area contributed by atoms with Crippen LogP contribution in [0.1, 0.15) is 56.1 Å². The summed E-state index contributed by atoms with van der Waals surface area (Å²) < 4.78 is 1.57. The number of rotatable bonds is 4. The van der Waals surface area contributed by atoms with Gasteiger partial charge in [-0.2, -0.15) is 0 Å². The number of amides is 1. The molecule has 8 nitrogen and oxygen atoms in total. The van der Waals surface area contributed by atoms with E-state index in [0.717, 1.165) is 25.7 Å². The number of carboxylic acid groups (broad SMARTS) is 1. The monoisotopic (exact) mass is 369 g/mol. The standard InChI is InChI=1S/C19H23N5O3/c1-11-7-14-3-4-15(8-11)24(14)18(25)12(2)23-10-17(21-22-23)13-5-6-20-16(9-13)19(26)27/h5-6,9-12,14-15H,3-4,7-8H2,1-2H3,(H,26,27). The molecule has 0 aromatic carbocycles. The van der Waals surface area contributed by atoms with Gasteiger partial charge in [0.1, 0.15) is 17.4 Å². The van der Waals surface area contributed by atoms with Gasteiger partial charge in [-0.3, -0.25) is 4.79 Å². The summed E-state index contributed by atoms with van der Waals surface area (Å²) in [6.07, 6.45) is 7.45. The van der Waals surface area contributed by atoms with Crippen LogP contribution in [0.4, 0.5) is 0 Å². The van der Waals surface area contributed by atoms with Crippen molar-refractivity contribution in [3.8, 4) is 11.3 Å². The van der Waals surface area contributed by atoms with Gasteiger partial charge >= 0.3 is 5.97 Å². The van der Waals surface area contributed by atoms with E-state index < -0.39 is 12.0 Å². The first-order chi connectivity index (χ1) is 12.9. The summed E-state index contributed by atoms with van der Waals surface area (Å²) in [6, 6.07) is 3.38. The molecule has 2 saturated heterocycles. The SMILES string of the molecule is CC1CC2CCC(C1)N2C(=O)C(C)n1cc(-c2ccnc(C(=O)O)c2)nn1. The van der Waals surface area contributed by atoms with E-state index in [-0.39, 0.29) is 11.6 Å². The maximum atomic E-state index is 13.1. The first-order valence-corrected chi connectivity index (χ1v) is 9.37. The normalized spacial score (nSPS) is 25.4. The van der Waals surface area contributed by atoms with Crippen LogP contribution in [0, 0.1) is 5.92 Å². The minimum atomic E-state index is -1.09. The molecule has 2 aliphatic rings. The van der Waals surface area contributed by atoms with E-state index in [1.54, 1.807) is 16.9 Å². The summed E-state index contributed by atoms with van der Waals surface area (Å²) in [5.41, 5.74) is 1.08. The van der Waals surface area contributed by atoms with Crippen molar-refractivity contribution in [1.29, 1.82) is 0 Å². The predicted molar refractivity (Wildman–Crippen MR) is 97.0 cm³/mol. The second-order valence-electron chi connectivity index (χ2n) is 7.70. The van der Waals surface area contributed by atoms with Crippen molar-refractivity contribution >= 4 is 11.9 Å². The van der Waals surface area contributed by atoms with Crippen LogP contribution >= 0.6 is 0 Å². The minimum Gasteiger partial charge on any atom is -0.477 e. The molecule has 4 rings (SSSR count). The molecule has 27 heavy (non-hydrogen) atoms. The lowest BCUT2D eigenvalue weighted by Crippen LogP contribution is -2.48. The van der Waals surface area contributed by atoms with Crippen LogP contribution < -0.4 is 0 Å². The second kappa shape index (κ2) is 6.75. The highest BCUT2D eigenvalue weighted by Gasteiger charge is 2.43. The summed E-state index contributed by atoms with van der Waals surface area (Å²) in [6.45, 7) is 4.11. The van der Waals surface area contributed by atoms with E-state index in [0.29, 0.717) is 29.3 Å². The maximum absolute atomic E-state index is 13.1. The van der Waals surface area contributed by atoms with Crippen LogP contribution in [0.5, 0.6) is 0 Å². The Morgan fingerprint density at radius 2 is 1.96 bits per heavy atom. The quantitative estimate of drug-likeness (QED) is 0.888. The van der Waals surface area contributed by atoms with Gasteiger partial charge in [0.05, 0.1) is 6.20 Å². The molecule has 1 N–H and O–H groups in total. The maximum Gasteiger partial charge on any atom is 0.354 e. The third-order valence-electron chi connectivity index (χ3n) is 5.76. The number of piperidine rings is 1. The number of carbonyl (C=O) groups is 2. The number of fused-ring (bicyclic) bond motifs is 2. The summed E-state index contributed by atoms with van der Waals surface area (Å²) in [4.78, 5) is 30.1. The number of hydrogen-bond acceptors (Lipinski definition) is 5. The van der Waals surface area contributed by atoms with Crippen molar-refractivity contribution in [3.63, 3.8) is 0 Å². The highest BCUT2D eigenvalue weighted by molar-refractivity contribution is 5.86. The summed E-state index contributed by atoms with van der Waals surface area (Å²) in [7, 11) is 0. The van der Waals surface area contributed by atoms with Crippen molar-refractivity contribution < 1.29 is 14.7 Å². The van der Waals surface area contributed by atoms with Crippen molar-refractivity contribution in [3.05, 3.63) is 30.2 Å². The van der Waals surface area contributed by atoms with Crippen LogP contribution in [-0.2, 0) is 4.79 Å². The Labute approximate surface area is 157 Å².